The third-order valence-electron chi connectivity index (χ3n) is 2.07. The molecule has 2 N–H and O–H groups in total. The second-order valence-electron chi connectivity index (χ2n) is 3.39. The van der Waals surface area contributed by atoms with Gasteiger partial charge in [0.2, 0.25) is 5.78 Å². The fraction of sp³-hybridized carbons (Fsp3) is 0.182. The van der Waals surface area contributed by atoms with E-state index in [0.29, 0.717) is 0 Å². The first-order chi connectivity index (χ1) is 8.54. The minimum Gasteiger partial charge on any atom is -0.481 e. The van der Waals surface area contributed by atoms with Crippen molar-refractivity contribution in [1.29, 1.82) is 0 Å². The normalized spacial score (nSPS) is 11.3. The molecular weight excluding hydrogens is 240 g/mol. The summed E-state index contributed by atoms with van der Waals surface area (Å²) in [5.74, 6) is -2.94. The molecule has 0 spiro atoms. The minimum atomic E-state index is -1.37. The van der Waals surface area contributed by atoms with Crippen molar-refractivity contribution in [2.75, 3.05) is 0 Å². The van der Waals surface area contributed by atoms with E-state index >= 15 is 0 Å². The molecule has 0 aliphatic heterocycles. The molecule has 0 bridgehead atoms. The summed E-state index contributed by atoms with van der Waals surface area (Å²) in [5, 5.41) is 10.8. The van der Waals surface area contributed by atoms with Crippen LogP contribution in [0.1, 0.15) is 16.8 Å². The van der Waals surface area contributed by atoms with Crippen LogP contribution in [0.25, 0.3) is 0 Å². The smallest absolute Gasteiger partial charge is 0.305 e. The van der Waals surface area contributed by atoms with Crippen LogP contribution in [0.2, 0.25) is 0 Å². The van der Waals surface area contributed by atoms with Crippen LogP contribution in [0, 0.1) is 0 Å². The summed E-state index contributed by atoms with van der Waals surface area (Å²) in [6.07, 6.45) is 2.06. The minimum absolute atomic E-state index is 0.0167. The number of carboxylic acid groups (broad SMARTS) is 1. The average Bonchev–Trinajstić information content (AvgIpc) is 2.37. The number of hydrogen-bond acceptors (Lipinski definition) is 5. The van der Waals surface area contributed by atoms with Crippen LogP contribution in [-0.2, 0) is 14.4 Å². The van der Waals surface area contributed by atoms with Crippen molar-refractivity contribution >= 4 is 23.9 Å². The molecule has 7 heteroatoms. The van der Waals surface area contributed by atoms with Gasteiger partial charge in [-0.25, -0.2) is 0 Å². The van der Waals surface area contributed by atoms with Crippen molar-refractivity contribution in [2.45, 2.75) is 12.5 Å². The highest BCUT2D eigenvalue weighted by Gasteiger charge is 2.23. The number of carbonyl (C=O) groups is 4. The first-order valence-corrected chi connectivity index (χ1v) is 4.96. The van der Waals surface area contributed by atoms with E-state index < -0.39 is 30.1 Å². The highest BCUT2D eigenvalue weighted by molar-refractivity contribution is 6.28. The summed E-state index contributed by atoms with van der Waals surface area (Å²) in [6, 6.07) is 1.60. The van der Waals surface area contributed by atoms with Crippen LogP contribution in [0.4, 0.5) is 0 Å². The summed E-state index contributed by atoms with van der Waals surface area (Å²) in [6.45, 7) is 0. The maximum absolute atomic E-state index is 11.6. The number of Topliss-reactive ketones (excluding diaryl/α,β-unsaturated/α-hetero) is 1. The molecule has 0 radical (unpaired) electrons. The van der Waals surface area contributed by atoms with Gasteiger partial charge >= 0.3 is 5.97 Å². The molecule has 1 heterocycles. The zero-order valence-electron chi connectivity index (χ0n) is 9.20. The molecule has 0 saturated carbocycles. The van der Waals surface area contributed by atoms with E-state index in [9.17, 15) is 19.2 Å². The lowest BCUT2D eigenvalue weighted by atomic mass is 10.1. The molecule has 1 amide bonds. The number of hydrogen-bond donors (Lipinski definition) is 2. The molecule has 0 unspecified atom stereocenters. The predicted molar refractivity (Wildman–Crippen MR) is 58.8 cm³/mol. The Morgan fingerprint density at radius 1 is 1.44 bits per heavy atom. The van der Waals surface area contributed by atoms with Crippen LogP contribution >= 0.6 is 0 Å². The molecule has 0 saturated heterocycles. The number of carboxylic acids is 1. The summed E-state index contributed by atoms with van der Waals surface area (Å²) in [5.41, 5.74) is 0.173. The number of aliphatic carboxylic acids is 1. The van der Waals surface area contributed by atoms with Gasteiger partial charge in [0.25, 0.3) is 5.91 Å². The van der Waals surface area contributed by atoms with Crippen LogP contribution in [0.5, 0.6) is 0 Å². The Hall–Kier alpha value is -2.57. The number of nitrogens with one attached hydrogen (secondary N) is 1. The third-order valence-corrected chi connectivity index (χ3v) is 2.07. The zero-order chi connectivity index (χ0) is 13.5. The molecule has 7 nitrogen and oxygen atoms in total. The lowest BCUT2D eigenvalue weighted by Gasteiger charge is -2.12. The molecule has 0 aromatic carbocycles. The monoisotopic (exact) mass is 250 g/mol. The second-order valence-corrected chi connectivity index (χ2v) is 3.39. The topological polar surface area (TPSA) is 113 Å². The first-order valence-electron chi connectivity index (χ1n) is 4.96. The molecular formula is C11H10N2O5. The SMILES string of the molecule is O=CC(=O)[C@H](CC(=O)O)NC(=O)c1cccnc1. The molecule has 18 heavy (non-hydrogen) atoms. The van der Waals surface area contributed by atoms with Crippen LogP contribution in [0.15, 0.2) is 24.5 Å². The molecule has 94 valence electrons. The Labute approximate surface area is 102 Å². The van der Waals surface area contributed by atoms with Crippen LogP contribution < -0.4 is 5.32 Å². The third kappa shape index (κ3) is 3.78. The average molecular weight is 250 g/mol. The molecule has 1 rings (SSSR count). The molecule has 1 aromatic rings. The van der Waals surface area contributed by atoms with Crippen molar-refractivity contribution < 1.29 is 24.3 Å². The lowest BCUT2D eigenvalue weighted by molar-refractivity contribution is -0.140. The highest BCUT2D eigenvalue weighted by atomic mass is 16.4. The van der Waals surface area contributed by atoms with Gasteiger partial charge in [-0.2, -0.15) is 0 Å². The van der Waals surface area contributed by atoms with Gasteiger partial charge in [-0.05, 0) is 12.1 Å². The number of amides is 1. The molecule has 1 aromatic heterocycles. The summed E-state index contributed by atoms with van der Waals surface area (Å²) in [4.78, 5) is 47.4. The van der Waals surface area contributed by atoms with Crippen molar-refractivity contribution in [3.63, 3.8) is 0 Å². The number of rotatable bonds is 6. The standard InChI is InChI=1S/C11H10N2O5/c14-6-9(15)8(4-10(16)17)13-11(18)7-2-1-3-12-5-7/h1-3,5-6,8H,4H2,(H,13,18)(H,16,17)/t8-/m0/s1. The number of nitrogens with zero attached hydrogens (tertiary/aromatic N) is 1. The van der Waals surface area contributed by atoms with Gasteiger partial charge in [-0.1, -0.05) is 0 Å². The first kappa shape index (κ1) is 13.5. The maximum atomic E-state index is 11.6. The van der Waals surface area contributed by atoms with E-state index in [1.54, 1.807) is 0 Å². The highest BCUT2D eigenvalue weighted by Crippen LogP contribution is 1.99. The van der Waals surface area contributed by atoms with Crippen LogP contribution in [0.3, 0.4) is 0 Å². The van der Waals surface area contributed by atoms with E-state index in [-0.39, 0.29) is 11.8 Å². The molecule has 0 aliphatic rings. The van der Waals surface area contributed by atoms with Gasteiger partial charge in [0.05, 0.1) is 12.0 Å². The zero-order valence-corrected chi connectivity index (χ0v) is 9.20. The Morgan fingerprint density at radius 2 is 2.17 bits per heavy atom. The number of aromatic nitrogens is 1. The lowest BCUT2D eigenvalue weighted by Crippen LogP contribution is -2.42. The molecule has 0 fully saturated rings. The largest absolute Gasteiger partial charge is 0.481 e. The van der Waals surface area contributed by atoms with Crippen molar-refractivity contribution in [2.24, 2.45) is 0 Å². The van der Waals surface area contributed by atoms with Crippen molar-refractivity contribution in [1.82, 2.24) is 10.3 Å². The number of carbonyl (C=O) groups excluding carboxylic acids is 3. The van der Waals surface area contributed by atoms with E-state index in [4.69, 9.17) is 5.11 Å². The molecule has 0 aliphatic carbocycles. The van der Waals surface area contributed by atoms with Gasteiger partial charge in [0, 0.05) is 12.4 Å². The van der Waals surface area contributed by atoms with E-state index in [2.05, 4.69) is 10.3 Å². The summed E-state index contributed by atoms with van der Waals surface area (Å²) in [7, 11) is 0. The van der Waals surface area contributed by atoms with Gasteiger partial charge in [-0.15, -0.1) is 0 Å². The fourth-order valence-electron chi connectivity index (χ4n) is 1.22. The predicted octanol–water partition coefficient (Wildman–Crippen LogP) is -0.577. The summed E-state index contributed by atoms with van der Waals surface area (Å²) < 4.78 is 0. The van der Waals surface area contributed by atoms with Crippen molar-refractivity contribution in [3.8, 4) is 0 Å². The van der Waals surface area contributed by atoms with Crippen molar-refractivity contribution in [3.05, 3.63) is 30.1 Å². The van der Waals surface area contributed by atoms with Gasteiger partial charge in [-0.3, -0.25) is 24.2 Å². The Kier molecular flexibility index (Phi) is 4.67. The Morgan fingerprint density at radius 3 is 2.67 bits per heavy atom. The van der Waals surface area contributed by atoms with E-state index in [0.717, 1.165) is 0 Å². The number of pyridine rings is 1. The fourth-order valence-corrected chi connectivity index (χ4v) is 1.22. The summed E-state index contributed by atoms with van der Waals surface area (Å²) >= 11 is 0. The maximum Gasteiger partial charge on any atom is 0.305 e. The number of aldehydes is 1. The number of ketones is 1. The van der Waals surface area contributed by atoms with E-state index in [1.165, 1.54) is 24.5 Å². The Balaban J connectivity index is 2.77. The van der Waals surface area contributed by atoms with Gasteiger partial charge < -0.3 is 10.4 Å². The Bertz CT molecular complexity index is 472. The van der Waals surface area contributed by atoms with Gasteiger partial charge in [0.1, 0.15) is 6.04 Å². The van der Waals surface area contributed by atoms with Gasteiger partial charge in [0.15, 0.2) is 6.29 Å². The second kappa shape index (κ2) is 6.24. The quantitative estimate of drug-likeness (QED) is 0.516. The van der Waals surface area contributed by atoms with E-state index in [1.807, 2.05) is 0 Å². The molecule has 1 atom stereocenters. The van der Waals surface area contributed by atoms with Crippen LogP contribution in [-0.4, -0.2) is 40.1 Å².